The molecule has 35 heavy (non-hydrogen) atoms. The van der Waals surface area contributed by atoms with Gasteiger partial charge in [-0.25, -0.2) is 13.4 Å². The van der Waals surface area contributed by atoms with Gasteiger partial charge in [0.2, 0.25) is 16.4 Å². The van der Waals surface area contributed by atoms with Crippen LogP contribution in [-0.4, -0.2) is 60.5 Å². The van der Waals surface area contributed by atoms with Crippen LogP contribution in [0.2, 0.25) is 0 Å². The number of anilines is 1. The van der Waals surface area contributed by atoms with Crippen LogP contribution in [-0.2, 0) is 21.2 Å². The summed E-state index contributed by atoms with van der Waals surface area (Å²) in [6.45, 7) is 7.98. The highest BCUT2D eigenvalue weighted by molar-refractivity contribution is 7.89. The molecule has 190 valence electrons. The lowest BCUT2D eigenvalue weighted by Crippen LogP contribution is -2.49. The number of carbonyl (C=O) groups is 1. The molecule has 0 fully saturated rings. The maximum absolute atomic E-state index is 13.7. The Kier molecular flexibility index (Phi) is 9.23. The molecule has 1 aromatic heterocycles. The van der Waals surface area contributed by atoms with Crippen molar-refractivity contribution in [3.05, 3.63) is 54.1 Å². The van der Waals surface area contributed by atoms with Crippen molar-refractivity contribution in [2.75, 3.05) is 18.4 Å². The Balaban J connectivity index is 1.87. The van der Waals surface area contributed by atoms with Crippen LogP contribution in [0.15, 0.2) is 53.4 Å². The van der Waals surface area contributed by atoms with E-state index < -0.39 is 22.2 Å². The van der Waals surface area contributed by atoms with Crippen LogP contribution in [0.4, 0.5) is 5.13 Å². The predicted octanol–water partition coefficient (Wildman–Crippen LogP) is 3.48. The molecule has 0 spiro atoms. The first-order valence-electron chi connectivity index (χ1n) is 11.7. The molecule has 1 heterocycles. The minimum absolute atomic E-state index is 0.0394. The van der Waals surface area contributed by atoms with Gasteiger partial charge in [-0.3, -0.25) is 4.79 Å². The molecule has 10 heteroatoms. The molecule has 0 aliphatic rings. The number of hydrogen-bond donors (Lipinski definition) is 3. The monoisotopic (exact) mass is 518 g/mol. The zero-order valence-corrected chi connectivity index (χ0v) is 22.1. The van der Waals surface area contributed by atoms with E-state index in [0.717, 1.165) is 20.9 Å². The molecule has 0 radical (unpaired) electrons. The topological polar surface area (TPSA) is 112 Å². The summed E-state index contributed by atoms with van der Waals surface area (Å²) in [5.74, 6) is 0.0394. The molecule has 0 aliphatic carbocycles. The Hall–Kier alpha value is -2.53. The Morgan fingerprint density at radius 3 is 2.43 bits per heavy atom. The number of aliphatic hydroxyl groups excluding tert-OH is 1. The van der Waals surface area contributed by atoms with Crippen LogP contribution in [0, 0.1) is 5.92 Å². The maximum Gasteiger partial charge on any atom is 0.243 e. The summed E-state index contributed by atoms with van der Waals surface area (Å²) in [4.78, 5) is 15.9. The van der Waals surface area contributed by atoms with E-state index in [1.54, 1.807) is 18.2 Å². The van der Waals surface area contributed by atoms with E-state index in [2.05, 4.69) is 15.6 Å². The van der Waals surface area contributed by atoms with Crippen LogP contribution >= 0.6 is 11.3 Å². The summed E-state index contributed by atoms with van der Waals surface area (Å²) in [6.07, 6.45) is -0.171. The highest BCUT2D eigenvalue weighted by atomic mass is 32.2. The van der Waals surface area contributed by atoms with E-state index in [-0.39, 0.29) is 29.9 Å². The number of benzene rings is 2. The number of aliphatic hydroxyl groups is 1. The number of amides is 1. The summed E-state index contributed by atoms with van der Waals surface area (Å²) < 4.78 is 29.4. The second-order valence-corrected chi connectivity index (χ2v) is 12.3. The SMILES string of the molecule is CC(C)CN(C[C@@H](O)[C@H](Cc1ccccc1)NC=O)S(=O)(=O)c1ccc2nc(NC(C)C)sc2c1. The van der Waals surface area contributed by atoms with Crippen molar-refractivity contribution in [1.29, 1.82) is 0 Å². The van der Waals surface area contributed by atoms with Gasteiger partial charge in [-0.15, -0.1) is 0 Å². The van der Waals surface area contributed by atoms with Crippen molar-refractivity contribution >= 4 is 43.1 Å². The highest BCUT2D eigenvalue weighted by Crippen LogP contribution is 2.30. The number of carbonyl (C=O) groups excluding carboxylic acids is 1. The number of aromatic nitrogens is 1. The van der Waals surface area contributed by atoms with Gasteiger partial charge < -0.3 is 15.7 Å². The third-order valence-corrected chi connectivity index (χ3v) is 8.19. The fourth-order valence-corrected chi connectivity index (χ4v) is 6.57. The van der Waals surface area contributed by atoms with Crippen molar-refractivity contribution in [3.63, 3.8) is 0 Å². The zero-order chi connectivity index (χ0) is 25.6. The van der Waals surface area contributed by atoms with E-state index in [0.29, 0.717) is 12.8 Å². The average Bonchev–Trinajstić information content (AvgIpc) is 3.19. The smallest absolute Gasteiger partial charge is 0.243 e. The number of sulfonamides is 1. The van der Waals surface area contributed by atoms with Crippen LogP contribution in [0.3, 0.4) is 0 Å². The fraction of sp³-hybridized carbons (Fsp3) is 0.440. The third-order valence-electron chi connectivity index (χ3n) is 5.41. The number of nitrogens with one attached hydrogen (secondary N) is 2. The predicted molar refractivity (Wildman–Crippen MR) is 141 cm³/mol. The van der Waals surface area contributed by atoms with Crippen molar-refractivity contribution in [2.24, 2.45) is 5.92 Å². The van der Waals surface area contributed by atoms with E-state index in [1.165, 1.54) is 15.6 Å². The van der Waals surface area contributed by atoms with Gasteiger partial charge in [-0.05, 0) is 49.9 Å². The second-order valence-electron chi connectivity index (χ2n) is 9.31. The number of thiazole rings is 1. The van der Waals surface area contributed by atoms with Gasteiger partial charge in [0, 0.05) is 19.1 Å². The van der Waals surface area contributed by atoms with Gasteiger partial charge in [0.15, 0.2) is 5.13 Å². The summed E-state index contributed by atoms with van der Waals surface area (Å²) in [5.41, 5.74) is 1.66. The first kappa shape index (κ1) is 27.1. The Bertz CT molecular complexity index is 1210. The molecular weight excluding hydrogens is 484 g/mol. The second kappa shape index (κ2) is 11.9. The molecule has 0 aliphatic heterocycles. The summed E-state index contributed by atoms with van der Waals surface area (Å²) in [7, 11) is -3.90. The minimum atomic E-state index is -3.90. The number of hydrogen-bond acceptors (Lipinski definition) is 7. The van der Waals surface area contributed by atoms with Crippen molar-refractivity contribution in [2.45, 2.75) is 57.2 Å². The first-order chi connectivity index (χ1) is 16.6. The molecule has 3 N–H and O–H groups in total. The first-order valence-corrected chi connectivity index (χ1v) is 13.9. The standard InChI is InChI=1S/C25H34N4O4S2/c1-17(2)14-29(15-23(31)22(26-16-30)12-19-8-6-5-7-9-19)35(32,33)20-10-11-21-24(13-20)34-25(28-21)27-18(3)4/h5-11,13,16-18,22-23,31H,12,14-15H2,1-4H3,(H,26,30)(H,27,28)/t22-,23+/m0/s1. The van der Waals surface area contributed by atoms with E-state index >= 15 is 0 Å². The fourth-order valence-electron chi connectivity index (χ4n) is 3.80. The molecule has 0 unspecified atom stereocenters. The van der Waals surface area contributed by atoms with Crippen LogP contribution < -0.4 is 10.6 Å². The van der Waals surface area contributed by atoms with Gasteiger partial charge in [-0.1, -0.05) is 55.5 Å². The number of rotatable bonds is 13. The molecule has 8 nitrogen and oxygen atoms in total. The summed E-state index contributed by atoms with van der Waals surface area (Å²) in [5, 5.41) is 17.7. The Morgan fingerprint density at radius 1 is 1.09 bits per heavy atom. The van der Waals surface area contributed by atoms with E-state index in [9.17, 15) is 18.3 Å². The van der Waals surface area contributed by atoms with Gasteiger partial charge >= 0.3 is 0 Å². The number of fused-ring (bicyclic) bond motifs is 1. The molecule has 1 amide bonds. The largest absolute Gasteiger partial charge is 0.390 e. The zero-order valence-electron chi connectivity index (χ0n) is 20.5. The molecule has 0 bridgehead atoms. The van der Waals surface area contributed by atoms with E-state index in [4.69, 9.17) is 0 Å². The number of nitrogens with zero attached hydrogens (tertiary/aromatic N) is 2. The molecule has 0 saturated heterocycles. The quantitative estimate of drug-likeness (QED) is 0.299. The lowest BCUT2D eigenvalue weighted by Gasteiger charge is -2.30. The van der Waals surface area contributed by atoms with Crippen molar-refractivity contribution < 1.29 is 18.3 Å². The van der Waals surface area contributed by atoms with Gasteiger partial charge in [0.25, 0.3) is 0 Å². The Morgan fingerprint density at radius 2 is 1.80 bits per heavy atom. The molecule has 3 rings (SSSR count). The third kappa shape index (κ3) is 7.23. The lowest BCUT2D eigenvalue weighted by atomic mass is 10.0. The van der Waals surface area contributed by atoms with Crippen LogP contribution in [0.25, 0.3) is 10.2 Å². The normalized spacial score (nSPS) is 13.9. The summed E-state index contributed by atoms with van der Waals surface area (Å²) in [6, 6.07) is 13.9. The molecular formula is C25H34N4O4S2. The van der Waals surface area contributed by atoms with E-state index in [1.807, 2.05) is 58.0 Å². The molecule has 2 atom stereocenters. The maximum atomic E-state index is 13.7. The van der Waals surface area contributed by atoms with Crippen molar-refractivity contribution in [1.82, 2.24) is 14.6 Å². The molecule has 2 aromatic carbocycles. The van der Waals surface area contributed by atoms with Crippen LogP contribution in [0.1, 0.15) is 33.3 Å². The molecule has 0 saturated carbocycles. The Labute approximate surface area is 211 Å². The van der Waals surface area contributed by atoms with Crippen molar-refractivity contribution in [3.8, 4) is 0 Å². The highest BCUT2D eigenvalue weighted by Gasteiger charge is 2.31. The van der Waals surface area contributed by atoms with Gasteiger partial charge in [0.05, 0.1) is 27.3 Å². The van der Waals surface area contributed by atoms with Crippen LogP contribution in [0.5, 0.6) is 0 Å². The summed E-state index contributed by atoms with van der Waals surface area (Å²) >= 11 is 1.40. The molecule has 3 aromatic rings. The van der Waals surface area contributed by atoms with Gasteiger partial charge in [-0.2, -0.15) is 4.31 Å². The lowest BCUT2D eigenvalue weighted by molar-refractivity contribution is -0.111. The minimum Gasteiger partial charge on any atom is -0.390 e. The van der Waals surface area contributed by atoms with Gasteiger partial charge in [0.1, 0.15) is 0 Å². The average molecular weight is 519 g/mol.